The van der Waals surface area contributed by atoms with Crippen molar-refractivity contribution < 1.29 is 9.90 Å². The van der Waals surface area contributed by atoms with Crippen molar-refractivity contribution in [2.45, 2.75) is 38.6 Å². The highest BCUT2D eigenvalue weighted by molar-refractivity contribution is 5.96. The lowest BCUT2D eigenvalue weighted by atomic mass is 10.2. The fourth-order valence-electron chi connectivity index (χ4n) is 3.88. The molecule has 1 aliphatic carbocycles. The fraction of sp³-hybridized carbons (Fsp3) is 0.333. The molecular weight excluding hydrogens is 292 g/mol. The number of hydrogen-bond acceptors (Lipinski definition) is 2. The van der Waals surface area contributed by atoms with Gasteiger partial charge in [-0.1, -0.05) is 31.0 Å². The Morgan fingerprint density at radius 3 is 2.61 bits per heavy atom. The Morgan fingerprint density at radius 2 is 1.91 bits per heavy atom. The van der Waals surface area contributed by atoms with Crippen LogP contribution in [0.4, 0.5) is 0 Å². The van der Waals surface area contributed by atoms with Crippen molar-refractivity contribution in [1.29, 1.82) is 0 Å². The SMILES string of the molecule is Cc1c2ccccc2n2c(C(=O)O)cn(C3CCCC3)c(=O)c12. The standard InChI is InChI=1S/C18H18N2O3/c1-11-13-8-4-5-9-14(13)20-15(18(22)23)10-19(17(21)16(11)20)12-6-2-3-7-12/h4-5,8-10,12H,2-3,6-7H2,1H3,(H,22,23). The highest BCUT2D eigenvalue weighted by atomic mass is 16.4. The quantitative estimate of drug-likeness (QED) is 0.789. The van der Waals surface area contributed by atoms with Crippen molar-refractivity contribution >= 4 is 22.4 Å². The molecule has 2 heterocycles. The molecule has 5 heteroatoms. The molecule has 1 fully saturated rings. The van der Waals surface area contributed by atoms with Gasteiger partial charge >= 0.3 is 5.97 Å². The largest absolute Gasteiger partial charge is 0.477 e. The van der Waals surface area contributed by atoms with Crippen molar-refractivity contribution in [2.75, 3.05) is 0 Å². The number of aromatic carboxylic acids is 1. The van der Waals surface area contributed by atoms with Gasteiger partial charge in [0, 0.05) is 17.6 Å². The minimum absolute atomic E-state index is 0.0874. The monoisotopic (exact) mass is 310 g/mol. The molecule has 3 aromatic rings. The van der Waals surface area contributed by atoms with Crippen LogP contribution in [0.2, 0.25) is 0 Å². The van der Waals surface area contributed by atoms with E-state index in [1.807, 2.05) is 31.2 Å². The zero-order chi connectivity index (χ0) is 16.1. The van der Waals surface area contributed by atoms with Gasteiger partial charge in [-0.05, 0) is 31.4 Å². The predicted molar refractivity (Wildman–Crippen MR) is 88.4 cm³/mol. The smallest absolute Gasteiger partial charge is 0.354 e. The van der Waals surface area contributed by atoms with Crippen LogP contribution in [0.3, 0.4) is 0 Å². The van der Waals surface area contributed by atoms with E-state index in [0.29, 0.717) is 5.52 Å². The average Bonchev–Trinajstić information content (AvgIpc) is 3.16. The number of hydrogen-bond donors (Lipinski definition) is 1. The maximum absolute atomic E-state index is 13.0. The van der Waals surface area contributed by atoms with Crippen molar-refractivity contribution in [1.82, 2.24) is 8.97 Å². The van der Waals surface area contributed by atoms with E-state index in [2.05, 4.69) is 0 Å². The summed E-state index contributed by atoms with van der Waals surface area (Å²) in [6, 6.07) is 7.68. The number of nitrogens with zero attached hydrogens (tertiary/aromatic N) is 2. The molecule has 0 aliphatic heterocycles. The first-order valence-electron chi connectivity index (χ1n) is 7.98. The summed E-state index contributed by atoms with van der Waals surface area (Å²) in [5, 5.41) is 10.6. The maximum Gasteiger partial charge on any atom is 0.354 e. The van der Waals surface area contributed by atoms with E-state index >= 15 is 0 Å². The van der Waals surface area contributed by atoms with Gasteiger partial charge in [0.05, 0.1) is 5.52 Å². The Labute approximate surface area is 132 Å². The summed E-state index contributed by atoms with van der Waals surface area (Å²) in [6.45, 7) is 1.89. The third kappa shape index (κ3) is 1.92. The topological polar surface area (TPSA) is 63.7 Å². The van der Waals surface area contributed by atoms with Gasteiger partial charge in [-0.3, -0.25) is 9.20 Å². The van der Waals surface area contributed by atoms with Gasteiger partial charge in [0.15, 0.2) is 0 Å². The Hall–Kier alpha value is -2.56. The molecule has 0 radical (unpaired) electrons. The van der Waals surface area contributed by atoms with E-state index in [1.165, 1.54) is 6.20 Å². The Kier molecular flexibility index (Phi) is 3.04. The minimum atomic E-state index is -1.01. The fourth-order valence-corrected chi connectivity index (χ4v) is 3.88. The van der Waals surface area contributed by atoms with Crippen molar-refractivity contribution in [3.63, 3.8) is 0 Å². The molecule has 0 saturated heterocycles. The van der Waals surface area contributed by atoms with Crippen LogP contribution < -0.4 is 5.56 Å². The molecule has 0 amide bonds. The number of rotatable bonds is 2. The molecule has 0 bridgehead atoms. The molecule has 2 aromatic heterocycles. The van der Waals surface area contributed by atoms with E-state index in [9.17, 15) is 14.7 Å². The highest BCUT2D eigenvalue weighted by Gasteiger charge is 2.24. The van der Waals surface area contributed by atoms with Gasteiger partial charge in [0.25, 0.3) is 5.56 Å². The van der Waals surface area contributed by atoms with Gasteiger partial charge in [-0.2, -0.15) is 0 Å². The molecule has 4 rings (SSSR count). The molecule has 5 nitrogen and oxygen atoms in total. The first-order valence-corrected chi connectivity index (χ1v) is 7.98. The van der Waals surface area contributed by atoms with Crippen molar-refractivity contribution in [3.05, 3.63) is 52.1 Å². The van der Waals surface area contributed by atoms with E-state index in [-0.39, 0.29) is 17.3 Å². The number of benzene rings is 1. The van der Waals surface area contributed by atoms with E-state index < -0.39 is 5.97 Å². The maximum atomic E-state index is 13.0. The summed E-state index contributed by atoms with van der Waals surface area (Å²) < 4.78 is 3.25. The number of aromatic nitrogens is 2. The predicted octanol–water partition coefficient (Wildman–Crippen LogP) is 3.38. The second-order valence-corrected chi connectivity index (χ2v) is 6.30. The first-order chi connectivity index (χ1) is 11.1. The van der Waals surface area contributed by atoms with Gasteiger partial charge in [0.1, 0.15) is 11.2 Å². The first kappa shape index (κ1) is 14.1. The van der Waals surface area contributed by atoms with E-state index in [4.69, 9.17) is 0 Å². The molecule has 1 N–H and O–H groups in total. The lowest BCUT2D eigenvalue weighted by Gasteiger charge is -2.16. The number of carboxylic acids is 1. The number of aryl methyl sites for hydroxylation is 1. The van der Waals surface area contributed by atoms with E-state index in [0.717, 1.165) is 42.1 Å². The Morgan fingerprint density at radius 1 is 1.22 bits per heavy atom. The molecule has 23 heavy (non-hydrogen) atoms. The molecule has 0 spiro atoms. The second-order valence-electron chi connectivity index (χ2n) is 6.30. The third-order valence-corrected chi connectivity index (χ3v) is 5.00. The Bertz CT molecular complexity index is 991. The molecule has 118 valence electrons. The lowest BCUT2D eigenvalue weighted by Crippen LogP contribution is -2.27. The van der Waals surface area contributed by atoms with Crippen LogP contribution in [0.5, 0.6) is 0 Å². The molecule has 0 atom stereocenters. The van der Waals surface area contributed by atoms with Crippen LogP contribution in [-0.2, 0) is 0 Å². The van der Waals surface area contributed by atoms with Crippen LogP contribution in [0.1, 0.15) is 47.8 Å². The van der Waals surface area contributed by atoms with Gasteiger partial charge < -0.3 is 9.67 Å². The lowest BCUT2D eigenvalue weighted by molar-refractivity contribution is 0.0688. The minimum Gasteiger partial charge on any atom is -0.477 e. The van der Waals surface area contributed by atoms with Gasteiger partial charge in [-0.15, -0.1) is 0 Å². The number of para-hydroxylation sites is 1. The van der Waals surface area contributed by atoms with Crippen molar-refractivity contribution in [3.8, 4) is 0 Å². The number of carboxylic acid groups (broad SMARTS) is 1. The highest BCUT2D eigenvalue weighted by Crippen LogP contribution is 2.30. The summed E-state index contributed by atoms with van der Waals surface area (Å²) in [5.74, 6) is -1.01. The summed E-state index contributed by atoms with van der Waals surface area (Å²) in [4.78, 5) is 24.8. The second kappa shape index (κ2) is 4.98. The average molecular weight is 310 g/mol. The van der Waals surface area contributed by atoms with Crippen LogP contribution >= 0.6 is 0 Å². The van der Waals surface area contributed by atoms with Crippen LogP contribution in [0.25, 0.3) is 16.4 Å². The number of carbonyl (C=O) groups is 1. The van der Waals surface area contributed by atoms with Crippen LogP contribution in [-0.4, -0.2) is 20.0 Å². The molecule has 1 saturated carbocycles. The summed E-state index contributed by atoms with van der Waals surface area (Å²) in [5.41, 5.74) is 2.16. The zero-order valence-corrected chi connectivity index (χ0v) is 13.0. The Balaban J connectivity index is 2.19. The summed E-state index contributed by atoms with van der Waals surface area (Å²) in [7, 11) is 0. The molecule has 1 aromatic carbocycles. The molecule has 1 aliphatic rings. The normalized spacial score (nSPS) is 15.7. The van der Waals surface area contributed by atoms with Gasteiger partial charge in [0.2, 0.25) is 0 Å². The van der Waals surface area contributed by atoms with Crippen molar-refractivity contribution in [2.24, 2.45) is 0 Å². The number of fused-ring (bicyclic) bond motifs is 3. The third-order valence-electron chi connectivity index (χ3n) is 5.00. The zero-order valence-electron chi connectivity index (χ0n) is 13.0. The van der Waals surface area contributed by atoms with Gasteiger partial charge in [-0.25, -0.2) is 4.79 Å². The van der Waals surface area contributed by atoms with Crippen LogP contribution in [0, 0.1) is 6.92 Å². The molecule has 0 unspecified atom stereocenters. The van der Waals surface area contributed by atoms with Crippen LogP contribution in [0.15, 0.2) is 35.3 Å². The summed E-state index contributed by atoms with van der Waals surface area (Å²) in [6.07, 6.45) is 5.59. The summed E-state index contributed by atoms with van der Waals surface area (Å²) >= 11 is 0. The molecular formula is C18H18N2O3. The van der Waals surface area contributed by atoms with E-state index in [1.54, 1.807) is 8.97 Å².